The van der Waals surface area contributed by atoms with Crippen molar-refractivity contribution < 1.29 is 19.5 Å². The molecular weight excluding hydrogens is 248 g/mol. The van der Waals surface area contributed by atoms with Crippen LogP contribution in [0.5, 0.6) is 0 Å². The van der Waals surface area contributed by atoms with E-state index in [1.807, 2.05) is 13.8 Å². The molecule has 1 heterocycles. The van der Waals surface area contributed by atoms with E-state index in [0.29, 0.717) is 25.3 Å². The Labute approximate surface area is 112 Å². The molecule has 0 aliphatic carbocycles. The molecule has 0 bridgehead atoms. The maximum Gasteiger partial charge on any atom is 0.326 e. The van der Waals surface area contributed by atoms with Crippen molar-refractivity contribution in [2.24, 2.45) is 11.8 Å². The molecule has 1 rings (SSSR count). The monoisotopic (exact) mass is 270 g/mol. The van der Waals surface area contributed by atoms with Gasteiger partial charge in [-0.3, -0.25) is 9.59 Å². The molecule has 0 aromatic carbocycles. The number of carbonyl (C=O) groups excluding carboxylic acids is 2. The van der Waals surface area contributed by atoms with Gasteiger partial charge in [0, 0.05) is 18.9 Å². The molecule has 6 heteroatoms. The second kappa shape index (κ2) is 7.11. The van der Waals surface area contributed by atoms with Gasteiger partial charge in [0.05, 0.1) is 0 Å². The van der Waals surface area contributed by atoms with Crippen LogP contribution in [0.25, 0.3) is 0 Å². The molecule has 19 heavy (non-hydrogen) atoms. The average Bonchev–Trinajstić information content (AvgIpc) is 2.71. The fourth-order valence-electron chi connectivity index (χ4n) is 2.06. The number of hydrogen-bond acceptors (Lipinski definition) is 3. The van der Waals surface area contributed by atoms with E-state index in [-0.39, 0.29) is 24.2 Å². The van der Waals surface area contributed by atoms with Crippen molar-refractivity contribution in [3.63, 3.8) is 0 Å². The number of aliphatic carboxylic acids is 1. The summed E-state index contributed by atoms with van der Waals surface area (Å²) < 4.78 is 0. The predicted molar refractivity (Wildman–Crippen MR) is 69.4 cm³/mol. The lowest BCUT2D eigenvalue weighted by molar-refractivity contribution is -0.142. The van der Waals surface area contributed by atoms with Crippen LogP contribution >= 0.6 is 0 Å². The van der Waals surface area contributed by atoms with E-state index < -0.39 is 12.0 Å². The van der Waals surface area contributed by atoms with E-state index >= 15 is 0 Å². The molecule has 2 amide bonds. The van der Waals surface area contributed by atoms with Crippen LogP contribution in [0.4, 0.5) is 0 Å². The Hall–Kier alpha value is -1.59. The molecule has 2 atom stereocenters. The Morgan fingerprint density at radius 3 is 2.63 bits per heavy atom. The molecule has 0 aromatic rings. The fourth-order valence-corrected chi connectivity index (χ4v) is 2.06. The third kappa shape index (κ3) is 5.28. The zero-order valence-electron chi connectivity index (χ0n) is 11.4. The zero-order chi connectivity index (χ0) is 14.4. The highest BCUT2D eigenvalue weighted by atomic mass is 16.4. The molecule has 0 radical (unpaired) electrons. The number of carboxylic acid groups (broad SMARTS) is 1. The number of carbonyl (C=O) groups is 3. The smallest absolute Gasteiger partial charge is 0.326 e. The number of nitrogens with one attached hydrogen (secondary N) is 2. The summed E-state index contributed by atoms with van der Waals surface area (Å²) in [6.07, 6.45) is 1.83. The third-order valence-electron chi connectivity index (χ3n) is 3.27. The second-order valence-corrected chi connectivity index (χ2v) is 5.40. The first-order valence-electron chi connectivity index (χ1n) is 6.70. The summed E-state index contributed by atoms with van der Waals surface area (Å²) in [6, 6.07) is -0.978. The van der Waals surface area contributed by atoms with Crippen LogP contribution in [-0.2, 0) is 14.4 Å². The maximum atomic E-state index is 11.6. The molecule has 1 aliphatic rings. The van der Waals surface area contributed by atoms with Gasteiger partial charge >= 0.3 is 5.97 Å². The highest BCUT2D eigenvalue weighted by Crippen LogP contribution is 2.16. The number of carboxylic acids is 1. The van der Waals surface area contributed by atoms with Gasteiger partial charge in [-0.05, 0) is 25.2 Å². The molecular formula is C13H22N2O4. The van der Waals surface area contributed by atoms with E-state index in [1.165, 1.54) is 0 Å². The first kappa shape index (κ1) is 15.5. The van der Waals surface area contributed by atoms with Crippen molar-refractivity contribution in [1.82, 2.24) is 10.6 Å². The molecule has 0 saturated carbocycles. The van der Waals surface area contributed by atoms with Gasteiger partial charge in [-0.2, -0.15) is 0 Å². The number of amides is 2. The van der Waals surface area contributed by atoms with Crippen molar-refractivity contribution in [3.05, 3.63) is 0 Å². The van der Waals surface area contributed by atoms with Crippen LogP contribution in [-0.4, -0.2) is 35.5 Å². The molecule has 6 nitrogen and oxygen atoms in total. The van der Waals surface area contributed by atoms with Gasteiger partial charge in [0.1, 0.15) is 6.04 Å². The predicted octanol–water partition coefficient (Wildman–Crippen LogP) is 0.518. The molecule has 1 aliphatic heterocycles. The Bertz CT molecular complexity index is 355. The van der Waals surface area contributed by atoms with Crippen LogP contribution in [0, 0.1) is 11.8 Å². The van der Waals surface area contributed by atoms with Gasteiger partial charge in [-0.15, -0.1) is 0 Å². The first-order valence-corrected chi connectivity index (χ1v) is 6.70. The molecule has 0 unspecified atom stereocenters. The first-order chi connectivity index (χ1) is 8.90. The Morgan fingerprint density at radius 2 is 2.16 bits per heavy atom. The average molecular weight is 270 g/mol. The summed E-state index contributed by atoms with van der Waals surface area (Å²) in [7, 11) is 0. The van der Waals surface area contributed by atoms with Crippen LogP contribution < -0.4 is 10.6 Å². The largest absolute Gasteiger partial charge is 0.480 e. The Kier molecular flexibility index (Phi) is 5.79. The molecule has 1 saturated heterocycles. The van der Waals surface area contributed by atoms with Gasteiger partial charge in [-0.1, -0.05) is 13.8 Å². The van der Waals surface area contributed by atoms with Crippen LogP contribution in [0.3, 0.4) is 0 Å². The van der Waals surface area contributed by atoms with E-state index in [9.17, 15) is 14.4 Å². The van der Waals surface area contributed by atoms with Gasteiger partial charge in [0.15, 0.2) is 0 Å². The SMILES string of the molecule is CC(C)CCC(=O)N[C@@H](C[C@@H]1CCNC1=O)C(=O)O. The van der Waals surface area contributed by atoms with Crippen LogP contribution in [0.15, 0.2) is 0 Å². The highest BCUT2D eigenvalue weighted by molar-refractivity contribution is 5.85. The zero-order valence-corrected chi connectivity index (χ0v) is 11.4. The van der Waals surface area contributed by atoms with Crippen molar-refractivity contribution in [3.8, 4) is 0 Å². The second-order valence-electron chi connectivity index (χ2n) is 5.40. The van der Waals surface area contributed by atoms with E-state index in [2.05, 4.69) is 10.6 Å². The third-order valence-corrected chi connectivity index (χ3v) is 3.27. The normalized spacial score (nSPS) is 20.2. The minimum atomic E-state index is -1.09. The lowest BCUT2D eigenvalue weighted by Crippen LogP contribution is -2.42. The quantitative estimate of drug-likeness (QED) is 0.628. The van der Waals surface area contributed by atoms with Gasteiger partial charge < -0.3 is 15.7 Å². The van der Waals surface area contributed by atoms with Crippen molar-refractivity contribution in [2.45, 2.75) is 45.6 Å². The van der Waals surface area contributed by atoms with E-state index in [4.69, 9.17) is 5.11 Å². The minimum Gasteiger partial charge on any atom is -0.480 e. The van der Waals surface area contributed by atoms with Gasteiger partial charge in [-0.25, -0.2) is 4.79 Å². The summed E-state index contributed by atoms with van der Waals surface area (Å²) in [5, 5.41) is 14.3. The summed E-state index contributed by atoms with van der Waals surface area (Å²) in [5.74, 6) is -1.39. The molecule has 108 valence electrons. The van der Waals surface area contributed by atoms with Gasteiger partial charge in [0.25, 0.3) is 0 Å². The fraction of sp³-hybridized carbons (Fsp3) is 0.769. The Morgan fingerprint density at radius 1 is 1.47 bits per heavy atom. The van der Waals surface area contributed by atoms with Crippen molar-refractivity contribution >= 4 is 17.8 Å². The Balaban J connectivity index is 2.46. The van der Waals surface area contributed by atoms with E-state index in [1.54, 1.807) is 0 Å². The highest BCUT2D eigenvalue weighted by Gasteiger charge is 2.31. The molecule has 0 aromatic heterocycles. The van der Waals surface area contributed by atoms with Crippen molar-refractivity contribution in [2.75, 3.05) is 6.54 Å². The van der Waals surface area contributed by atoms with Crippen LogP contribution in [0.2, 0.25) is 0 Å². The summed E-state index contributed by atoms with van der Waals surface area (Å²) in [6.45, 7) is 4.59. The summed E-state index contributed by atoms with van der Waals surface area (Å²) in [5.41, 5.74) is 0. The molecule has 0 spiro atoms. The molecule has 1 fully saturated rings. The lowest BCUT2D eigenvalue weighted by Gasteiger charge is -2.17. The summed E-state index contributed by atoms with van der Waals surface area (Å²) in [4.78, 5) is 34.2. The minimum absolute atomic E-state index is 0.123. The number of rotatable bonds is 7. The van der Waals surface area contributed by atoms with Crippen molar-refractivity contribution in [1.29, 1.82) is 0 Å². The van der Waals surface area contributed by atoms with E-state index in [0.717, 1.165) is 6.42 Å². The lowest BCUT2D eigenvalue weighted by atomic mass is 9.98. The number of hydrogen-bond donors (Lipinski definition) is 3. The molecule has 3 N–H and O–H groups in total. The standard InChI is InChI=1S/C13H22N2O4/c1-8(2)3-4-11(16)15-10(13(18)19)7-9-5-6-14-12(9)17/h8-10H,3-7H2,1-2H3,(H,14,17)(H,15,16)(H,18,19)/t9-,10-/m0/s1. The maximum absolute atomic E-state index is 11.6. The topological polar surface area (TPSA) is 95.5 Å². The van der Waals surface area contributed by atoms with Gasteiger partial charge in [0.2, 0.25) is 11.8 Å². The van der Waals surface area contributed by atoms with Crippen LogP contribution in [0.1, 0.15) is 39.5 Å². The summed E-state index contributed by atoms with van der Waals surface area (Å²) >= 11 is 0.